The Bertz CT molecular complexity index is 935. The summed E-state index contributed by atoms with van der Waals surface area (Å²) in [6.07, 6.45) is 1.87. The van der Waals surface area contributed by atoms with Gasteiger partial charge in [0.05, 0.1) is 4.92 Å². The van der Waals surface area contributed by atoms with Gasteiger partial charge in [-0.3, -0.25) is 10.1 Å². The van der Waals surface area contributed by atoms with Gasteiger partial charge in [-0.05, 0) is 12.0 Å². The third-order valence-electron chi connectivity index (χ3n) is 3.90. The van der Waals surface area contributed by atoms with Crippen molar-refractivity contribution in [1.29, 1.82) is 0 Å². The van der Waals surface area contributed by atoms with Gasteiger partial charge >= 0.3 is 0 Å². The molecule has 1 radical (unpaired) electrons. The molecule has 0 aliphatic rings. The van der Waals surface area contributed by atoms with Crippen molar-refractivity contribution in [2.45, 2.75) is 26.7 Å². The minimum atomic E-state index is -0.404. The fraction of sp³-hybridized carbons (Fsp3) is 0.235. The number of rotatable bonds is 3. The molecule has 3 rings (SSSR count). The molecule has 2 aromatic carbocycles. The van der Waals surface area contributed by atoms with Crippen LogP contribution in [-0.4, -0.2) is 15.9 Å². The standard InChI is InChI=1S/C17H14N2O3.W.Y/c1-10(2)13-7-14-12-5-4-11(3)6-15(12)18(9-20)16(14)8-17(13)19(21)22;;/h5-8,10H,1-3H3;;/q-2;;. The van der Waals surface area contributed by atoms with E-state index in [1.807, 2.05) is 39.3 Å². The van der Waals surface area contributed by atoms with E-state index in [1.165, 1.54) is 10.6 Å². The molecule has 0 unspecified atom stereocenters. The van der Waals surface area contributed by atoms with E-state index in [9.17, 15) is 14.9 Å². The molecule has 0 amide bonds. The van der Waals surface area contributed by atoms with Gasteiger partial charge in [-0.1, -0.05) is 32.4 Å². The molecule has 0 saturated carbocycles. The van der Waals surface area contributed by atoms with Crippen LogP contribution < -0.4 is 0 Å². The van der Waals surface area contributed by atoms with Crippen molar-refractivity contribution < 1.29 is 63.5 Å². The Hall–Kier alpha value is -0.898. The Kier molecular flexibility index (Phi) is 7.04. The van der Waals surface area contributed by atoms with Gasteiger partial charge in [0.1, 0.15) is 6.41 Å². The Labute approximate surface area is 179 Å². The third kappa shape index (κ3) is 3.40. The number of carbonyl (C=O) groups excluding carboxylic acids is 1. The van der Waals surface area contributed by atoms with Crippen LogP contribution in [0.2, 0.25) is 0 Å². The average molecular weight is 567 g/mol. The van der Waals surface area contributed by atoms with E-state index >= 15 is 0 Å². The SMILES string of the molecule is Cc1[c-]cc2c3cc(C(C)C)c([N+](=O)[O-])cc3n([C-]=O)c2c1.[W].[Y]. The summed E-state index contributed by atoms with van der Waals surface area (Å²) in [5.41, 5.74) is 2.77. The molecule has 0 bridgehead atoms. The molecule has 0 atom stereocenters. The van der Waals surface area contributed by atoms with Gasteiger partial charge in [-0.2, -0.15) is 28.6 Å². The Morgan fingerprint density at radius 2 is 1.83 bits per heavy atom. The van der Waals surface area contributed by atoms with Gasteiger partial charge in [-0.15, -0.1) is 5.39 Å². The summed E-state index contributed by atoms with van der Waals surface area (Å²) in [6.45, 7) is 5.71. The zero-order valence-corrected chi connectivity index (χ0v) is 19.3. The summed E-state index contributed by atoms with van der Waals surface area (Å²) < 4.78 is 1.34. The van der Waals surface area contributed by atoms with Crippen LogP contribution in [0.25, 0.3) is 21.8 Å². The van der Waals surface area contributed by atoms with Gasteiger partial charge in [0.2, 0.25) is 0 Å². The minimum absolute atomic E-state index is 0. The molecule has 7 heteroatoms. The van der Waals surface area contributed by atoms with E-state index in [-0.39, 0.29) is 65.4 Å². The van der Waals surface area contributed by atoms with Crippen molar-refractivity contribution in [2.24, 2.45) is 0 Å². The van der Waals surface area contributed by atoms with Gasteiger partial charge in [0.25, 0.3) is 5.69 Å². The van der Waals surface area contributed by atoms with Crippen LogP contribution >= 0.6 is 0 Å². The van der Waals surface area contributed by atoms with Crippen molar-refractivity contribution in [2.75, 3.05) is 0 Å². The number of hydrogen-bond donors (Lipinski definition) is 0. The first-order valence-electron chi connectivity index (χ1n) is 6.97. The molecule has 0 aliphatic carbocycles. The molecule has 1 aromatic heterocycles. The number of nitrogens with zero attached hydrogens (tertiary/aromatic N) is 2. The monoisotopic (exact) mass is 567 g/mol. The number of fused-ring (bicyclic) bond motifs is 3. The van der Waals surface area contributed by atoms with E-state index in [0.717, 1.165) is 16.3 Å². The molecule has 0 N–H and O–H groups in total. The largest absolute Gasteiger partial charge is 0.464 e. The molecule has 0 aliphatic heterocycles. The van der Waals surface area contributed by atoms with E-state index < -0.39 is 4.92 Å². The second kappa shape index (κ2) is 7.99. The number of nitro benzene ring substituents is 1. The summed E-state index contributed by atoms with van der Waals surface area (Å²) >= 11 is 0. The van der Waals surface area contributed by atoms with Gasteiger partial charge in [0, 0.05) is 59.3 Å². The van der Waals surface area contributed by atoms with Crippen LogP contribution in [0.4, 0.5) is 5.69 Å². The zero-order chi connectivity index (χ0) is 16.0. The van der Waals surface area contributed by atoms with Crippen molar-refractivity contribution in [3.63, 3.8) is 0 Å². The Balaban J connectivity index is 0.00000144. The number of benzene rings is 2. The summed E-state index contributed by atoms with van der Waals surface area (Å²) in [6, 6.07) is 10.0. The second-order valence-corrected chi connectivity index (χ2v) is 5.68. The quantitative estimate of drug-likeness (QED) is 0.275. The molecule has 0 fully saturated rings. The molecule has 0 saturated heterocycles. The maximum atomic E-state index is 11.4. The van der Waals surface area contributed by atoms with E-state index in [2.05, 4.69) is 6.07 Å². The van der Waals surface area contributed by atoms with Crippen molar-refractivity contribution in [3.05, 3.63) is 51.6 Å². The van der Waals surface area contributed by atoms with Crippen LogP contribution in [0.15, 0.2) is 24.3 Å². The van der Waals surface area contributed by atoms with Crippen LogP contribution in [0.3, 0.4) is 0 Å². The van der Waals surface area contributed by atoms with Crippen molar-refractivity contribution in [3.8, 4) is 0 Å². The van der Waals surface area contributed by atoms with Gasteiger partial charge in [0.15, 0.2) is 0 Å². The molecule has 121 valence electrons. The Morgan fingerprint density at radius 3 is 2.38 bits per heavy atom. The summed E-state index contributed by atoms with van der Waals surface area (Å²) in [5, 5.41) is 13.0. The first kappa shape index (κ1) is 21.1. The molecule has 0 spiro atoms. The summed E-state index contributed by atoms with van der Waals surface area (Å²) in [4.78, 5) is 22.3. The topological polar surface area (TPSA) is 65.1 Å². The summed E-state index contributed by atoms with van der Waals surface area (Å²) in [7, 11) is 0. The predicted molar refractivity (Wildman–Crippen MR) is 84.9 cm³/mol. The van der Waals surface area contributed by atoms with Crippen molar-refractivity contribution in [1.82, 2.24) is 4.57 Å². The molecular formula is C17H14N2O3WY-2. The summed E-state index contributed by atoms with van der Waals surface area (Å²) in [5.74, 6) is 0.0119. The maximum Gasteiger partial charge on any atom is 0.262 e. The maximum absolute atomic E-state index is 11.4. The first-order valence-corrected chi connectivity index (χ1v) is 6.97. The molecular weight excluding hydrogens is 553 g/mol. The molecule has 1 heterocycles. The second-order valence-electron chi connectivity index (χ2n) is 5.68. The van der Waals surface area contributed by atoms with Crippen LogP contribution in [0, 0.1) is 23.1 Å². The smallest absolute Gasteiger partial charge is 0.262 e. The van der Waals surface area contributed by atoms with Gasteiger partial charge in [-0.25, -0.2) is 6.07 Å². The fourth-order valence-corrected chi connectivity index (χ4v) is 2.83. The van der Waals surface area contributed by atoms with Crippen LogP contribution in [-0.2, 0) is 58.6 Å². The predicted octanol–water partition coefficient (Wildman–Crippen LogP) is 3.85. The molecule has 24 heavy (non-hydrogen) atoms. The third-order valence-corrected chi connectivity index (χ3v) is 3.90. The number of hydrogen-bond acceptors (Lipinski definition) is 3. The first-order chi connectivity index (χ1) is 10.4. The zero-order valence-electron chi connectivity index (χ0n) is 13.5. The van der Waals surface area contributed by atoms with E-state index in [1.54, 1.807) is 6.07 Å². The van der Waals surface area contributed by atoms with E-state index in [4.69, 9.17) is 0 Å². The number of aromatic nitrogens is 1. The van der Waals surface area contributed by atoms with Crippen LogP contribution in [0.5, 0.6) is 0 Å². The van der Waals surface area contributed by atoms with Gasteiger partial charge < -0.3 is 9.36 Å². The van der Waals surface area contributed by atoms with Crippen molar-refractivity contribution >= 4 is 33.9 Å². The average Bonchev–Trinajstić information content (AvgIpc) is 2.77. The molecule has 5 nitrogen and oxygen atoms in total. The molecule has 3 aromatic rings. The number of aryl methyl sites for hydroxylation is 1. The minimum Gasteiger partial charge on any atom is -0.464 e. The normalized spacial score (nSPS) is 10.5. The fourth-order valence-electron chi connectivity index (χ4n) is 2.83. The number of nitro groups is 1. The van der Waals surface area contributed by atoms with Crippen LogP contribution in [0.1, 0.15) is 30.9 Å². The van der Waals surface area contributed by atoms with E-state index in [0.29, 0.717) is 16.6 Å². The Morgan fingerprint density at radius 1 is 1.21 bits per heavy atom.